The fourth-order valence-electron chi connectivity index (χ4n) is 1.47. The number of amides is 3. The van der Waals surface area contributed by atoms with E-state index >= 15 is 0 Å². The van der Waals surface area contributed by atoms with Gasteiger partial charge < -0.3 is 21.7 Å². The molecule has 1 aromatic rings. The van der Waals surface area contributed by atoms with Gasteiger partial charge in [0.05, 0.1) is 11.4 Å². The van der Waals surface area contributed by atoms with E-state index in [0.29, 0.717) is 11.4 Å². The predicted octanol–water partition coefficient (Wildman–Crippen LogP) is 1.50. The van der Waals surface area contributed by atoms with Crippen LogP contribution in [0.15, 0.2) is 24.3 Å². The third-order valence-corrected chi connectivity index (χ3v) is 2.24. The van der Waals surface area contributed by atoms with Crippen LogP contribution in [-0.4, -0.2) is 24.5 Å². The van der Waals surface area contributed by atoms with Gasteiger partial charge in [-0.2, -0.15) is 0 Å². The molecule has 0 heterocycles. The fraction of sp³-hybridized carbons (Fsp3) is 0.385. The molecule has 0 aliphatic carbocycles. The van der Waals surface area contributed by atoms with Crippen LogP contribution in [0, 0.1) is 0 Å². The third kappa shape index (κ3) is 5.39. The van der Waals surface area contributed by atoms with Crippen LogP contribution in [0.5, 0.6) is 0 Å². The van der Waals surface area contributed by atoms with Crippen LogP contribution in [0.1, 0.15) is 20.3 Å². The third-order valence-electron chi connectivity index (χ3n) is 2.24. The lowest BCUT2D eigenvalue weighted by Crippen LogP contribution is -2.34. The van der Waals surface area contributed by atoms with Crippen molar-refractivity contribution in [2.45, 2.75) is 26.3 Å². The van der Waals surface area contributed by atoms with Gasteiger partial charge in [-0.1, -0.05) is 12.1 Å². The highest BCUT2D eigenvalue weighted by atomic mass is 16.2. The van der Waals surface area contributed by atoms with Gasteiger partial charge in [0.2, 0.25) is 5.91 Å². The molecule has 0 fully saturated rings. The number of urea groups is 1. The molecule has 5 N–H and O–H groups in total. The Morgan fingerprint density at radius 3 is 2.26 bits per heavy atom. The molecule has 1 rings (SSSR count). The van der Waals surface area contributed by atoms with Crippen molar-refractivity contribution in [1.29, 1.82) is 0 Å². The summed E-state index contributed by atoms with van der Waals surface area (Å²) in [6.07, 6.45) is 0.243. The number of carbonyl (C=O) groups is 2. The zero-order valence-electron chi connectivity index (χ0n) is 11.2. The van der Waals surface area contributed by atoms with Crippen molar-refractivity contribution in [3.8, 4) is 0 Å². The molecule has 0 aliphatic rings. The van der Waals surface area contributed by atoms with Gasteiger partial charge in [0.25, 0.3) is 0 Å². The zero-order chi connectivity index (χ0) is 14.3. The van der Waals surface area contributed by atoms with Crippen LogP contribution in [0.2, 0.25) is 0 Å². The molecule has 104 valence electrons. The number of nitrogens with two attached hydrogens (primary N) is 1. The first-order chi connectivity index (χ1) is 9.02. The molecule has 1 aromatic carbocycles. The Morgan fingerprint density at radius 2 is 1.74 bits per heavy atom. The quantitative estimate of drug-likeness (QED) is 0.649. The summed E-state index contributed by atoms with van der Waals surface area (Å²) >= 11 is 0. The normalized spacial score (nSPS) is 10.1. The van der Waals surface area contributed by atoms with Crippen molar-refractivity contribution in [2.75, 3.05) is 17.2 Å². The van der Waals surface area contributed by atoms with E-state index in [2.05, 4.69) is 16.0 Å². The molecule has 0 aliphatic heterocycles. The summed E-state index contributed by atoms with van der Waals surface area (Å²) in [4.78, 5) is 23.1. The molecule has 0 saturated carbocycles. The maximum absolute atomic E-state index is 11.6. The number of hydrogen-bond acceptors (Lipinski definition) is 3. The minimum absolute atomic E-state index is 0.0407. The van der Waals surface area contributed by atoms with E-state index in [9.17, 15) is 9.59 Å². The van der Waals surface area contributed by atoms with Crippen molar-refractivity contribution >= 4 is 23.3 Å². The molecule has 6 nitrogen and oxygen atoms in total. The lowest BCUT2D eigenvalue weighted by Gasteiger charge is -2.14. The summed E-state index contributed by atoms with van der Waals surface area (Å²) in [5.74, 6) is -0.180. The summed E-state index contributed by atoms with van der Waals surface area (Å²) in [7, 11) is 0. The topological polar surface area (TPSA) is 96.2 Å². The van der Waals surface area contributed by atoms with E-state index in [1.54, 1.807) is 24.3 Å². The fourth-order valence-corrected chi connectivity index (χ4v) is 1.47. The first kappa shape index (κ1) is 15.0. The van der Waals surface area contributed by atoms with E-state index < -0.39 is 0 Å². The predicted molar refractivity (Wildman–Crippen MR) is 76.0 cm³/mol. The van der Waals surface area contributed by atoms with Crippen molar-refractivity contribution in [2.24, 2.45) is 5.73 Å². The van der Waals surface area contributed by atoms with Crippen molar-refractivity contribution < 1.29 is 9.59 Å². The second-order valence-corrected chi connectivity index (χ2v) is 4.39. The Kier molecular flexibility index (Phi) is 5.81. The van der Waals surface area contributed by atoms with E-state index in [4.69, 9.17) is 5.73 Å². The average Bonchev–Trinajstić information content (AvgIpc) is 2.30. The lowest BCUT2D eigenvalue weighted by molar-refractivity contribution is -0.116. The number of nitrogens with one attached hydrogen (secondary N) is 3. The largest absolute Gasteiger partial charge is 0.336 e. The van der Waals surface area contributed by atoms with Gasteiger partial charge in [-0.15, -0.1) is 0 Å². The first-order valence-corrected chi connectivity index (χ1v) is 6.19. The van der Waals surface area contributed by atoms with Crippen LogP contribution in [0.3, 0.4) is 0 Å². The Bertz CT molecular complexity index is 446. The Morgan fingerprint density at radius 1 is 1.16 bits per heavy atom. The molecule has 0 bridgehead atoms. The molecule has 0 spiro atoms. The van der Waals surface area contributed by atoms with Crippen molar-refractivity contribution in [3.05, 3.63) is 24.3 Å². The summed E-state index contributed by atoms with van der Waals surface area (Å²) in [6, 6.07) is 6.74. The van der Waals surface area contributed by atoms with Crippen LogP contribution in [0.4, 0.5) is 16.2 Å². The number of hydrogen-bond donors (Lipinski definition) is 4. The molecular formula is C13H20N4O2. The maximum Gasteiger partial charge on any atom is 0.319 e. The highest BCUT2D eigenvalue weighted by molar-refractivity contribution is 5.99. The highest BCUT2D eigenvalue weighted by Gasteiger charge is 2.09. The molecule has 0 unspecified atom stereocenters. The summed E-state index contributed by atoms with van der Waals surface area (Å²) in [6.45, 7) is 4.03. The Hall–Kier alpha value is -2.08. The van der Waals surface area contributed by atoms with E-state index in [-0.39, 0.29) is 30.9 Å². The monoisotopic (exact) mass is 264 g/mol. The maximum atomic E-state index is 11.6. The van der Waals surface area contributed by atoms with Crippen LogP contribution in [0.25, 0.3) is 0 Å². The number of benzene rings is 1. The summed E-state index contributed by atoms with van der Waals surface area (Å²) in [5, 5.41) is 8.12. The zero-order valence-corrected chi connectivity index (χ0v) is 11.2. The first-order valence-electron chi connectivity index (χ1n) is 6.19. The Labute approximate surface area is 112 Å². The summed E-state index contributed by atoms with van der Waals surface area (Å²) in [5.41, 5.74) is 6.42. The van der Waals surface area contributed by atoms with E-state index in [1.807, 2.05) is 13.8 Å². The van der Waals surface area contributed by atoms with Crippen molar-refractivity contribution in [1.82, 2.24) is 5.32 Å². The number of para-hydroxylation sites is 2. The van der Waals surface area contributed by atoms with Gasteiger partial charge in [0.15, 0.2) is 0 Å². The lowest BCUT2D eigenvalue weighted by atomic mass is 10.2. The SMILES string of the molecule is CC(C)NC(=O)Nc1ccccc1NC(=O)CCN. The molecule has 0 radical (unpaired) electrons. The van der Waals surface area contributed by atoms with Gasteiger partial charge in [-0.05, 0) is 26.0 Å². The van der Waals surface area contributed by atoms with Crippen molar-refractivity contribution in [3.63, 3.8) is 0 Å². The molecule has 0 atom stereocenters. The molecule has 6 heteroatoms. The standard InChI is InChI=1S/C13H20N4O2/c1-9(2)15-13(19)17-11-6-4-3-5-10(11)16-12(18)7-8-14/h3-6,9H,7-8,14H2,1-2H3,(H,16,18)(H2,15,17,19). The van der Waals surface area contributed by atoms with E-state index in [1.165, 1.54) is 0 Å². The number of anilines is 2. The van der Waals surface area contributed by atoms with Crippen LogP contribution < -0.4 is 21.7 Å². The smallest absolute Gasteiger partial charge is 0.319 e. The second-order valence-electron chi connectivity index (χ2n) is 4.39. The number of carbonyl (C=O) groups excluding carboxylic acids is 2. The minimum Gasteiger partial charge on any atom is -0.336 e. The van der Waals surface area contributed by atoms with Gasteiger partial charge in [0, 0.05) is 19.0 Å². The van der Waals surface area contributed by atoms with Crippen LogP contribution in [-0.2, 0) is 4.79 Å². The van der Waals surface area contributed by atoms with Gasteiger partial charge >= 0.3 is 6.03 Å². The molecular weight excluding hydrogens is 244 g/mol. The van der Waals surface area contributed by atoms with E-state index in [0.717, 1.165) is 0 Å². The molecule has 0 saturated heterocycles. The van der Waals surface area contributed by atoms with Gasteiger partial charge in [0.1, 0.15) is 0 Å². The molecule has 0 aromatic heterocycles. The second kappa shape index (κ2) is 7.38. The minimum atomic E-state index is -0.310. The van der Waals surface area contributed by atoms with Gasteiger partial charge in [-0.25, -0.2) is 4.79 Å². The molecule has 3 amide bonds. The van der Waals surface area contributed by atoms with Gasteiger partial charge in [-0.3, -0.25) is 4.79 Å². The average molecular weight is 264 g/mol. The summed E-state index contributed by atoms with van der Waals surface area (Å²) < 4.78 is 0. The highest BCUT2D eigenvalue weighted by Crippen LogP contribution is 2.20. The molecule has 19 heavy (non-hydrogen) atoms. The Balaban J connectivity index is 2.72. The number of rotatable bonds is 5. The van der Waals surface area contributed by atoms with Crippen LogP contribution >= 0.6 is 0 Å².